The highest BCUT2D eigenvalue weighted by molar-refractivity contribution is 6.30. The van der Waals surface area contributed by atoms with Crippen molar-refractivity contribution < 1.29 is 14.8 Å². The van der Waals surface area contributed by atoms with E-state index in [9.17, 15) is 14.8 Å². The minimum atomic E-state index is -0.781. The lowest BCUT2D eigenvalue weighted by Gasteiger charge is -2.54. The molecule has 3 N–H and O–H groups in total. The molecule has 0 radical (unpaired) electrons. The molecule has 2 aliphatic carbocycles. The number of halogens is 1. The molecule has 0 aliphatic heterocycles. The van der Waals surface area contributed by atoms with Crippen LogP contribution in [-0.4, -0.2) is 28.8 Å². The van der Waals surface area contributed by atoms with Gasteiger partial charge in [-0.15, -0.1) is 0 Å². The molecule has 0 aromatic heterocycles. The van der Waals surface area contributed by atoms with Gasteiger partial charge in [-0.2, -0.15) is 0 Å². The van der Waals surface area contributed by atoms with Crippen molar-refractivity contribution in [3.8, 4) is 0 Å². The lowest BCUT2D eigenvalue weighted by molar-refractivity contribution is -0.140. The first kappa shape index (κ1) is 29.8. The van der Waals surface area contributed by atoms with E-state index in [2.05, 4.69) is 54.8 Å². The van der Waals surface area contributed by atoms with E-state index in [-0.39, 0.29) is 23.1 Å². The smallest absolute Gasteiger partial charge is 0.247 e. The Bertz CT molecular complexity index is 1490. The van der Waals surface area contributed by atoms with Crippen LogP contribution in [0, 0.1) is 11.3 Å². The van der Waals surface area contributed by atoms with Gasteiger partial charge in [-0.1, -0.05) is 93.3 Å². The summed E-state index contributed by atoms with van der Waals surface area (Å²) in [5.41, 5.74) is 4.46. The summed E-state index contributed by atoms with van der Waals surface area (Å²) in [4.78, 5) is 28.0. The Morgan fingerprint density at radius 1 is 1.02 bits per heavy atom. The summed E-state index contributed by atoms with van der Waals surface area (Å²) in [7, 11) is 0. The third-order valence-electron chi connectivity index (χ3n) is 9.62. The number of rotatable bonds is 7. The monoisotopic (exact) mass is 585 g/mol. The Kier molecular flexibility index (Phi) is 8.47. The van der Waals surface area contributed by atoms with Crippen molar-refractivity contribution in [2.24, 2.45) is 16.5 Å². The van der Waals surface area contributed by atoms with E-state index in [1.807, 2.05) is 37.3 Å². The van der Waals surface area contributed by atoms with Gasteiger partial charge in [-0.05, 0) is 83.5 Å². The normalized spacial score (nSPS) is 24.9. The second kappa shape index (κ2) is 11.9. The van der Waals surface area contributed by atoms with Crippen LogP contribution in [0.15, 0.2) is 78.0 Å². The summed E-state index contributed by atoms with van der Waals surface area (Å²) < 4.78 is 0. The first-order chi connectivity index (χ1) is 20.0. The number of fused-ring (bicyclic) bond motifs is 3. The maximum Gasteiger partial charge on any atom is 0.247 e. The van der Waals surface area contributed by atoms with Crippen LogP contribution < -0.4 is 10.6 Å². The number of nitrogens with one attached hydrogen (secondary N) is 2. The zero-order chi connectivity index (χ0) is 30.1. The summed E-state index contributed by atoms with van der Waals surface area (Å²) in [6.45, 7) is 8.58. The van der Waals surface area contributed by atoms with Gasteiger partial charge in [0.05, 0.1) is 11.1 Å². The number of hydrogen-bond donors (Lipinski definition) is 3. The first-order valence-corrected chi connectivity index (χ1v) is 15.2. The summed E-state index contributed by atoms with van der Waals surface area (Å²) in [5, 5.41) is 20.6. The molecule has 0 saturated heterocycles. The van der Waals surface area contributed by atoms with Crippen molar-refractivity contribution in [1.82, 2.24) is 5.32 Å². The Hall–Kier alpha value is -3.64. The first-order valence-electron chi connectivity index (χ1n) is 14.8. The Morgan fingerprint density at radius 3 is 2.40 bits per heavy atom. The highest BCUT2D eigenvalue weighted by Gasteiger charge is 2.56. The molecule has 4 atom stereocenters. The highest BCUT2D eigenvalue weighted by Crippen LogP contribution is 2.57. The van der Waals surface area contributed by atoms with Gasteiger partial charge < -0.3 is 15.8 Å². The van der Waals surface area contributed by atoms with Gasteiger partial charge >= 0.3 is 0 Å². The third kappa shape index (κ3) is 5.69. The molecular weight excluding hydrogens is 546 g/mol. The predicted molar refractivity (Wildman–Crippen MR) is 168 cm³/mol. The number of nitrogens with zero attached hydrogens (tertiary/aromatic N) is 1. The summed E-state index contributed by atoms with van der Waals surface area (Å²) in [5.74, 6) is -0.183. The molecule has 2 amide bonds. The van der Waals surface area contributed by atoms with E-state index < -0.39 is 11.5 Å². The van der Waals surface area contributed by atoms with Crippen molar-refractivity contribution >= 4 is 34.8 Å². The highest BCUT2D eigenvalue weighted by atomic mass is 35.5. The minimum absolute atomic E-state index is 0.0984. The number of carbonyl (C=O) groups is 2. The Morgan fingerprint density at radius 2 is 1.74 bits per heavy atom. The lowest BCUT2D eigenvalue weighted by Crippen LogP contribution is -2.58. The molecule has 0 unspecified atom stereocenters. The third-order valence-corrected chi connectivity index (χ3v) is 9.87. The van der Waals surface area contributed by atoms with E-state index in [1.54, 1.807) is 24.3 Å². The fourth-order valence-electron chi connectivity index (χ4n) is 7.12. The number of amides is 2. The summed E-state index contributed by atoms with van der Waals surface area (Å²) in [6.07, 6.45) is 3.36. The number of anilines is 1. The molecule has 3 aromatic rings. The molecule has 0 heterocycles. The lowest BCUT2D eigenvalue weighted by atomic mass is 9.49. The quantitative estimate of drug-likeness (QED) is 0.198. The standard InChI is InChI=1S/C35H40ClN3O3/c1-22(2)24-11-16-28-27(20-24)29(39-42)21-31-34(28,3)17-8-18-35(31,4)33(41)38-30(19-23-9-6-5-7-10-23)32(40)37-26-14-12-25(36)13-15-26/h5-7,9-16,20,22,30-31,42H,8,17-19,21H2,1-4H3,(H,37,40)(H,38,41)/b39-29-/t30-,31-,34-,35-/m1/s1. The van der Waals surface area contributed by atoms with Gasteiger partial charge in [0.25, 0.3) is 0 Å². The number of benzene rings is 3. The second-order valence-electron chi connectivity index (χ2n) is 12.7. The fourth-order valence-corrected chi connectivity index (χ4v) is 7.25. The van der Waals surface area contributed by atoms with Gasteiger partial charge in [-0.25, -0.2) is 0 Å². The number of carbonyl (C=O) groups excluding carboxylic acids is 2. The van der Waals surface area contributed by atoms with E-state index >= 15 is 0 Å². The molecule has 0 spiro atoms. The fraction of sp³-hybridized carbons (Fsp3) is 0.400. The molecular formula is C35H40ClN3O3. The van der Waals surface area contributed by atoms with Crippen LogP contribution in [-0.2, 0) is 21.4 Å². The number of oxime groups is 1. The van der Waals surface area contributed by atoms with Crippen LogP contribution in [0.1, 0.15) is 81.5 Å². The molecule has 0 bridgehead atoms. The Labute approximate surface area is 253 Å². The minimum Gasteiger partial charge on any atom is -0.411 e. The van der Waals surface area contributed by atoms with Gasteiger partial charge in [-0.3, -0.25) is 9.59 Å². The number of hydrogen-bond acceptors (Lipinski definition) is 4. The maximum absolute atomic E-state index is 14.4. The van der Waals surface area contributed by atoms with Crippen molar-refractivity contribution in [1.29, 1.82) is 0 Å². The van der Waals surface area contributed by atoms with Gasteiger partial charge in [0.15, 0.2) is 0 Å². The van der Waals surface area contributed by atoms with E-state index in [0.717, 1.165) is 29.5 Å². The maximum atomic E-state index is 14.4. The summed E-state index contributed by atoms with van der Waals surface area (Å²) >= 11 is 6.04. The van der Waals surface area contributed by atoms with Crippen LogP contribution in [0.5, 0.6) is 0 Å². The van der Waals surface area contributed by atoms with Crippen molar-refractivity contribution in [3.05, 3.63) is 100 Å². The van der Waals surface area contributed by atoms with Gasteiger partial charge in [0.1, 0.15) is 6.04 Å². The largest absolute Gasteiger partial charge is 0.411 e. The molecule has 220 valence electrons. The van der Waals surface area contributed by atoms with Crippen LogP contribution in [0.2, 0.25) is 5.02 Å². The average molecular weight is 586 g/mol. The molecule has 2 aliphatic rings. The van der Waals surface area contributed by atoms with Crippen LogP contribution in [0.4, 0.5) is 5.69 Å². The van der Waals surface area contributed by atoms with E-state index in [0.29, 0.717) is 41.6 Å². The molecule has 42 heavy (non-hydrogen) atoms. The molecule has 1 saturated carbocycles. The molecule has 6 nitrogen and oxygen atoms in total. The van der Waals surface area contributed by atoms with Gasteiger partial charge in [0.2, 0.25) is 11.8 Å². The van der Waals surface area contributed by atoms with Crippen LogP contribution in [0.25, 0.3) is 0 Å². The van der Waals surface area contributed by atoms with Crippen LogP contribution in [0.3, 0.4) is 0 Å². The zero-order valence-corrected chi connectivity index (χ0v) is 25.5. The molecule has 5 rings (SSSR count). The van der Waals surface area contributed by atoms with Crippen molar-refractivity contribution in [2.75, 3.05) is 5.32 Å². The second-order valence-corrected chi connectivity index (χ2v) is 13.1. The van der Waals surface area contributed by atoms with E-state index in [4.69, 9.17) is 11.6 Å². The van der Waals surface area contributed by atoms with Gasteiger partial charge in [0, 0.05) is 22.7 Å². The topological polar surface area (TPSA) is 90.8 Å². The summed E-state index contributed by atoms with van der Waals surface area (Å²) in [6, 6.07) is 22.3. The zero-order valence-electron chi connectivity index (χ0n) is 24.8. The predicted octanol–water partition coefficient (Wildman–Crippen LogP) is 7.48. The van der Waals surface area contributed by atoms with E-state index in [1.165, 1.54) is 5.56 Å². The van der Waals surface area contributed by atoms with Crippen molar-refractivity contribution in [3.63, 3.8) is 0 Å². The SMILES string of the molecule is CC(C)c1ccc2c(c1)/C(=N\O)C[C@H]1[C@](C)(C(=O)N[C@H](Cc3ccccc3)C(=O)Nc3ccc(Cl)cc3)CCC[C@]21C. The average Bonchev–Trinajstić information content (AvgIpc) is 2.98. The Balaban J connectivity index is 1.46. The molecule has 7 heteroatoms. The molecule has 3 aromatic carbocycles. The van der Waals surface area contributed by atoms with Crippen LogP contribution >= 0.6 is 11.6 Å². The van der Waals surface area contributed by atoms with Crippen molar-refractivity contribution in [2.45, 2.75) is 77.2 Å². The molecule has 1 fully saturated rings.